The molecule has 4 nitrogen and oxygen atoms in total. The van der Waals surface area contributed by atoms with E-state index in [9.17, 15) is 4.79 Å². The van der Waals surface area contributed by atoms with Crippen molar-refractivity contribution in [2.75, 3.05) is 13.2 Å². The second-order valence-corrected chi connectivity index (χ2v) is 6.23. The Kier molecular flexibility index (Phi) is 5.64. The Labute approximate surface area is 116 Å². The van der Waals surface area contributed by atoms with Crippen LogP contribution in [0.3, 0.4) is 0 Å². The van der Waals surface area contributed by atoms with E-state index >= 15 is 0 Å². The topological polar surface area (TPSA) is 64.4 Å². The summed E-state index contributed by atoms with van der Waals surface area (Å²) < 4.78 is 5.67. The zero-order chi connectivity index (χ0) is 13.7. The summed E-state index contributed by atoms with van der Waals surface area (Å²) in [5.41, 5.74) is 5.94. The van der Waals surface area contributed by atoms with Crippen LogP contribution >= 0.6 is 0 Å². The van der Waals surface area contributed by atoms with Crippen molar-refractivity contribution in [2.24, 2.45) is 17.6 Å². The molecule has 4 unspecified atom stereocenters. The lowest BCUT2D eigenvalue weighted by Gasteiger charge is -2.31. The monoisotopic (exact) mass is 268 g/mol. The first-order valence-electron chi connectivity index (χ1n) is 7.81. The minimum atomic E-state index is 0.159. The maximum absolute atomic E-state index is 12.2. The van der Waals surface area contributed by atoms with Crippen LogP contribution in [0.25, 0.3) is 0 Å². The van der Waals surface area contributed by atoms with Gasteiger partial charge in [0.25, 0.3) is 0 Å². The van der Waals surface area contributed by atoms with Gasteiger partial charge in [-0.2, -0.15) is 0 Å². The molecule has 4 atom stereocenters. The molecule has 19 heavy (non-hydrogen) atoms. The number of ether oxygens (including phenoxy) is 1. The zero-order valence-electron chi connectivity index (χ0n) is 12.1. The number of nitrogens with two attached hydrogens (primary N) is 1. The van der Waals surface area contributed by atoms with Gasteiger partial charge >= 0.3 is 0 Å². The molecule has 2 rings (SSSR count). The molecule has 110 valence electrons. The van der Waals surface area contributed by atoms with Gasteiger partial charge in [0.15, 0.2) is 0 Å². The van der Waals surface area contributed by atoms with Gasteiger partial charge in [0.2, 0.25) is 5.91 Å². The third-order valence-corrected chi connectivity index (χ3v) is 4.59. The van der Waals surface area contributed by atoms with Gasteiger partial charge < -0.3 is 15.8 Å². The lowest BCUT2D eigenvalue weighted by atomic mass is 9.78. The Morgan fingerprint density at radius 1 is 1.32 bits per heavy atom. The van der Waals surface area contributed by atoms with Crippen molar-refractivity contribution in [1.29, 1.82) is 0 Å². The third kappa shape index (κ3) is 4.46. The van der Waals surface area contributed by atoms with Gasteiger partial charge in [0.1, 0.15) is 0 Å². The van der Waals surface area contributed by atoms with Gasteiger partial charge in [0, 0.05) is 25.1 Å². The van der Waals surface area contributed by atoms with Gasteiger partial charge in [-0.05, 0) is 50.9 Å². The second-order valence-electron chi connectivity index (χ2n) is 6.23. The Hall–Kier alpha value is -0.610. The number of carbonyl (C=O) groups excluding carboxylic acids is 1. The van der Waals surface area contributed by atoms with Crippen LogP contribution in [-0.4, -0.2) is 31.2 Å². The van der Waals surface area contributed by atoms with Crippen molar-refractivity contribution in [3.8, 4) is 0 Å². The van der Waals surface area contributed by atoms with Crippen molar-refractivity contribution in [3.63, 3.8) is 0 Å². The highest BCUT2D eigenvalue weighted by Crippen LogP contribution is 2.29. The fourth-order valence-electron chi connectivity index (χ4n) is 3.35. The van der Waals surface area contributed by atoms with Gasteiger partial charge in [-0.3, -0.25) is 4.79 Å². The molecule has 3 N–H and O–H groups in total. The van der Waals surface area contributed by atoms with E-state index in [0.717, 1.165) is 45.3 Å². The molecule has 0 aromatic carbocycles. The first kappa shape index (κ1) is 14.8. The summed E-state index contributed by atoms with van der Waals surface area (Å²) in [4.78, 5) is 12.2. The van der Waals surface area contributed by atoms with E-state index in [2.05, 4.69) is 12.2 Å². The molecule has 1 saturated carbocycles. The lowest BCUT2D eigenvalue weighted by Crippen LogP contribution is -2.41. The summed E-state index contributed by atoms with van der Waals surface area (Å²) in [6.45, 7) is 3.78. The minimum absolute atomic E-state index is 0.159. The quantitative estimate of drug-likeness (QED) is 0.817. The molecule has 1 amide bonds. The molecular formula is C15H28N2O2. The molecule has 4 heteroatoms. The molecule has 2 aliphatic rings. The third-order valence-electron chi connectivity index (χ3n) is 4.59. The van der Waals surface area contributed by atoms with Crippen LogP contribution in [0.5, 0.6) is 0 Å². The van der Waals surface area contributed by atoms with E-state index in [4.69, 9.17) is 10.5 Å². The van der Waals surface area contributed by atoms with Crippen LogP contribution in [0.2, 0.25) is 0 Å². The minimum Gasteiger partial charge on any atom is -0.378 e. The number of amides is 1. The van der Waals surface area contributed by atoms with Crippen LogP contribution in [0.4, 0.5) is 0 Å². The van der Waals surface area contributed by atoms with E-state index in [1.54, 1.807) is 0 Å². The molecule has 0 spiro atoms. The first-order chi connectivity index (χ1) is 9.16. The number of carbonyl (C=O) groups is 1. The summed E-state index contributed by atoms with van der Waals surface area (Å²) in [5.74, 6) is 0.789. The molecule has 1 saturated heterocycles. The normalized spacial score (nSPS) is 35.9. The smallest absolute Gasteiger partial charge is 0.223 e. The number of rotatable bonds is 4. The van der Waals surface area contributed by atoms with Crippen molar-refractivity contribution in [2.45, 2.75) is 64.0 Å². The van der Waals surface area contributed by atoms with E-state index in [0.29, 0.717) is 12.0 Å². The molecular weight excluding hydrogens is 240 g/mol. The standard InChI is InChI=1S/C15H28N2O2/c1-11-10-12(16)5-6-14(11)15(18)17-8-7-13-4-2-3-9-19-13/h11-14H,2-10,16H2,1H3,(H,17,18). The second kappa shape index (κ2) is 7.25. The molecule has 0 aromatic heterocycles. The predicted molar refractivity (Wildman–Crippen MR) is 75.7 cm³/mol. The highest BCUT2D eigenvalue weighted by molar-refractivity contribution is 5.79. The predicted octanol–water partition coefficient (Wildman–Crippen LogP) is 1.83. The summed E-state index contributed by atoms with van der Waals surface area (Å²) >= 11 is 0. The lowest BCUT2D eigenvalue weighted by molar-refractivity contribution is -0.127. The summed E-state index contributed by atoms with van der Waals surface area (Å²) in [7, 11) is 0. The van der Waals surface area contributed by atoms with Crippen molar-refractivity contribution >= 4 is 5.91 Å². The highest BCUT2D eigenvalue weighted by Gasteiger charge is 2.30. The Morgan fingerprint density at radius 3 is 2.84 bits per heavy atom. The summed E-state index contributed by atoms with van der Waals surface area (Å²) in [6.07, 6.45) is 7.79. The van der Waals surface area contributed by atoms with Gasteiger partial charge in [-0.15, -0.1) is 0 Å². The molecule has 0 aromatic rings. The Morgan fingerprint density at radius 2 is 2.16 bits per heavy atom. The zero-order valence-corrected chi connectivity index (χ0v) is 12.1. The Balaban J connectivity index is 1.66. The van der Waals surface area contributed by atoms with E-state index in [-0.39, 0.29) is 17.9 Å². The molecule has 1 aliphatic carbocycles. The molecule has 0 radical (unpaired) electrons. The molecule has 2 fully saturated rings. The number of nitrogens with one attached hydrogen (secondary N) is 1. The summed E-state index contributed by atoms with van der Waals surface area (Å²) in [5, 5.41) is 3.09. The van der Waals surface area contributed by atoms with Crippen molar-refractivity contribution in [1.82, 2.24) is 5.32 Å². The SMILES string of the molecule is CC1CC(N)CCC1C(=O)NCCC1CCCCO1. The maximum Gasteiger partial charge on any atom is 0.223 e. The fourth-order valence-corrected chi connectivity index (χ4v) is 3.35. The maximum atomic E-state index is 12.2. The average Bonchev–Trinajstić information content (AvgIpc) is 2.39. The van der Waals surface area contributed by atoms with E-state index in [1.807, 2.05) is 0 Å². The molecule has 1 heterocycles. The highest BCUT2D eigenvalue weighted by atomic mass is 16.5. The van der Waals surface area contributed by atoms with Crippen molar-refractivity contribution < 1.29 is 9.53 Å². The first-order valence-corrected chi connectivity index (χ1v) is 7.81. The number of hydrogen-bond donors (Lipinski definition) is 2. The molecule has 0 bridgehead atoms. The average molecular weight is 268 g/mol. The van der Waals surface area contributed by atoms with Crippen LogP contribution < -0.4 is 11.1 Å². The molecule has 1 aliphatic heterocycles. The van der Waals surface area contributed by atoms with Crippen LogP contribution in [-0.2, 0) is 9.53 Å². The van der Waals surface area contributed by atoms with Gasteiger partial charge in [-0.25, -0.2) is 0 Å². The largest absolute Gasteiger partial charge is 0.378 e. The van der Waals surface area contributed by atoms with Crippen LogP contribution in [0.1, 0.15) is 51.9 Å². The van der Waals surface area contributed by atoms with Crippen molar-refractivity contribution in [3.05, 3.63) is 0 Å². The van der Waals surface area contributed by atoms with Crippen LogP contribution in [0, 0.1) is 11.8 Å². The van der Waals surface area contributed by atoms with Crippen LogP contribution in [0.15, 0.2) is 0 Å². The fraction of sp³-hybridized carbons (Fsp3) is 0.933. The van der Waals surface area contributed by atoms with Gasteiger partial charge in [0.05, 0.1) is 6.10 Å². The summed E-state index contributed by atoms with van der Waals surface area (Å²) in [6, 6.07) is 0.287. The number of hydrogen-bond acceptors (Lipinski definition) is 3. The van der Waals surface area contributed by atoms with Gasteiger partial charge in [-0.1, -0.05) is 6.92 Å². The van der Waals surface area contributed by atoms with E-state index in [1.165, 1.54) is 12.8 Å². The van der Waals surface area contributed by atoms with E-state index < -0.39 is 0 Å². The Bertz CT molecular complexity index is 290.